The normalized spacial score (nSPS) is 16.8. The second-order valence-corrected chi connectivity index (χ2v) is 6.19. The van der Waals surface area contributed by atoms with Gasteiger partial charge in [-0.05, 0) is 31.5 Å². The first-order chi connectivity index (χ1) is 12.7. The Morgan fingerprint density at radius 1 is 1.38 bits per heavy atom. The van der Waals surface area contributed by atoms with E-state index in [9.17, 15) is 4.79 Å². The van der Waals surface area contributed by atoms with Crippen LogP contribution in [0.15, 0.2) is 47.6 Å². The zero-order valence-electron chi connectivity index (χ0n) is 14.4. The third kappa shape index (κ3) is 3.17. The number of aromatic nitrogens is 4. The number of pyridine rings is 1. The van der Waals surface area contributed by atoms with Crippen LogP contribution in [-0.4, -0.2) is 43.2 Å². The monoisotopic (exact) mass is 353 g/mol. The van der Waals surface area contributed by atoms with Gasteiger partial charge in [0.1, 0.15) is 12.4 Å². The molecule has 1 aliphatic heterocycles. The van der Waals surface area contributed by atoms with Crippen molar-refractivity contribution < 1.29 is 13.9 Å². The molecule has 4 heterocycles. The fraction of sp³-hybridized carbons (Fsp3) is 0.333. The Morgan fingerprint density at radius 2 is 2.31 bits per heavy atom. The molecule has 0 bridgehead atoms. The van der Waals surface area contributed by atoms with Gasteiger partial charge in [-0.25, -0.2) is 4.98 Å². The minimum atomic E-state index is -0.186. The smallest absolute Gasteiger partial charge is 0.292 e. The van der Waals surface area contributed by atoms with Crippen molar-refractivity contribution >= 4 is 5.91 Å². The molecule has 0 aliphatic carbocycles. The van der Waals surface area contributed by atoms with E-state index in [-0.39, 0.29) is 17.7 Å². The largest absolute Gasteiger partial charge is 0.490 e. The van der Waals surface area contributed by atoms with Gasteiger partial charge in [-0.3, -0.25) is 14.5 Å². The third-order valence-electron chi connectivity index (χ3n) is 4.53. The van der Waals surface area contributed by atoms with Crippen LogP contribution in [-0.2, 0) is 13.1 Å². The van der Waals surface area contributed by atoms with Crippen molar-refractivity contribution in [2.24, 2.45) is 0 Å². The maximum atomic E-state index is 13.1. The standard InChI is InChI=1S/C18H19N5O3/c1-13-17(26-12-20-13)18(24)22-10-14-4-7-21-23(14)8-5-15(22)11-25-16-3-2-6-19-9-16/h2-4,6-7,9,12,15H,5,8,10-11H2,1H3/t15-/m0/s1. The summed E-state index contributed by atoms with van der Waals surface area (Å²) in [5.41, 5.74) is 1.57. The van der Waals surface area contributed by atoms with Crippen molar-refractivity contribution in [3.63, 3.8) is 0 Å². The van der Waals surface area contributed by atoms with Gasteiger partial charge in [-0.15, -0.1) is 0 Å². The molecule has 0 saturated carbocycles. The van der Waals surface area contributed by atoms with Crippen molar-refractivity contribution in [3.05, 3.63) is 60.3 Å². The van der Waals surface area contributed by atoms with Crippen LogP contribution < -0.4 is 4.74 Å². The van der Waals surface area contributed by atoms with Crippen molar-refractivity contribution in [3.8, 4) is 5.75 Å². The quantitative estimate of drug-likeness (QED) is 0.714. The van der Waals surface area contributed by atoms with Crippen LogP contribution in [0.2, 0.25) is 0 Å². The lowest BCUT2D eigenvalue weighted by Gasteiger charge is -2.29. The van der Waals surface area contributed by atoms with Crippen molar-refractivity contribution in [1.29, 1.82) is 0 Å². The zero-order chi connectivity index (χ0) is 17.9. The lowest BCUT2D eigenvalue weighted by atomic mass is 10.1. The van der Waals surface area contributed by atoms with E-state index < -0.39 is 0 Å². The van der Waals surface area contributed by atoms with Crippen LogP contribution >= 0.6 is 0 Å². The summed E-state index contributed by atoms with van der Waals surface area (Å²) >= 11 is 0. The highest BCUT2D eigenvalue weighted by atomic mass is 16.5. The van der Waals surface area contributed by atoms with Crippen LogP contribution in [0.4, 0.5) is 0 Å². The molecule has 0 radical (unpaired) electrons. The van der Waals surface area contributed by atoms with Gasteiger partial charge in [0.05, 0.1) is 30.2 Å². The highest BCUT2D eigenvalue weighted by molar-refractivity contribution is 5.92. The van der Waals surface area contributed by atoms with E-state index in [4.69, 9.17) is 9.15 Å². The van der Waals surface area contributed by atoms with Crippen molar-refractivity contribution in [2.75, 3.05) is 6.61 Å². The molecule has 0 saturated heterocycles. The second-order valence-electron chi connectivity index (χ2n) is 6.19. The molecule has 3 aromatic heterocycles. The lowest BCUT2D eigenvalue weighted by molar-refractivity contribution is 0.0556. The molecule has 1 atom stereocenters. The van der Waals surface area contributed by atoms with Crippen LogP contribution in [0.3, 0.4) is 0 Å². The number of ether oxygens (including phenoxy) is 1. The number of hydrogen-bond donors (Lipinski definition) is 0. The van der Waals surface area contributed by atoms with Gasteiger partial charge < -0.3 is 14.1 Å². The van der Waals surface area contributed by atoms with Gasteiger partial charge in [0, 0.05) is 18.9 Å². The first-order valence-corrected chi connectivity index (χ1v) is 8.47. The molecule has 1 aliphatic rings. The predicted octanol–water partition coefficient (Wildman–Crippen LogP) is 2.07. The van der Waals surface area contributed by atoms with Crippen molar-refractivity contribution in [2.45, 2.75) is 32.5 Å². The average Bonchev–Trinajstić information content (AvgIpc) is 3.25. The summed E-state index contributed by atoms with van der Waals surface area (Å²) in [6.07, 6.45) is 7.14. The van der Waals surface area contributed by atoms with Crippen LogP contribution in [0.5, 0.6) is 5.75 Å². The Hall–Kier alpha value is -3.16. The summed E-state index contributed by atoms with van der Waals surface area (Å²) in [7, 11) is 0. The molecule has 0 spiro atoms. The summed E-state index contributed by atoms with van der Waals surface area (Å²) in [5, 5.41) is 4.34. The Labute approximate surface area is 150 Å². The molecule has 0 fully saturated rings. The molecular weight excluding hydrogens is 334 g/mol. The van der Waals surface area contributed by atoms with E-state index in [1.807, 2.05) is 22.9 Å². The third-order valence-corrected chi connectivity index (χ3v) is 4.53. The van der Waals surface area contributed by atoms with Gasteiger partial charge in [-0.1, -0.05) is 0 Å². The number of nitrogens with zero attached hydrogens (tertiary/aromatic N) is 5. The van der Waals surface area contributed by atoms with Crippen LogP contribution in [0.1, 0.15) is 28.4 Å². The predicted molar refractivity (Wildman–Crippen MR) is 91.5 cm³/mol. The maximum absolute atomic E-state index is 13.1. The Morgan fingerprint density at radius 3 is 3.08 bits per heavy atom. The Kier molecular flexibility index (Phi) is 4.39. The summed E-state index contributed by atoms with van der Waals surface area (Å²) in [4.78, 5) is 23.0. The van der Waals surface area contributed by atoms with E-state index in [1.165, 1.54) is 6.39 Å². The molecule has 26 heavy (non-hydrogen) atoms. The first kappa shape index (κ1) is 16.3. The molecule has 1 amide bonds. The number of amides is 1. The number of rotatable bonds is 4. The van der Waals surface area contributed by atoms with Crippen LogP contribution in [0, 0.1) is 6.92 Å². The second kappa shape index (κ2) is 6.99. The molecule has 8 nitrogen and oxygen atoms in total. The van der Waals surface area contributed by atoms with Crippen LogP contribution in [0.25, 0.3) is 0 Å². The highest BCUT2D eigenvalue weighted by Crippen LogP contribution is 2.22. The number of hydrogen-bond acceptors (Lipinski definition) is 6. The van der Waals surface area contributed by atoms with E-state index in [0.29, 0.717) is 24.6 Å². The zero-order valence-corrected chi connectivity index (χ0v) is 14.4. The topological polar surface area (TPSA) is 86.3 Å². The fourth-order valence-corrected chi connectivity index (χ4v) is 3.10. The molecule has 134 valence electrons. The lowest BCUT2D eigenvalue weighted by Crippen LogP contribution is -2.42. The molecular formula is C18H19N5O3. The molecule has 4 rings (SSSR count). The molecule has 3 aromatic rings. The van der Waals surface area contributed by atoms with E-state index in [1.54, 1.807) is 30.4 Å². The van der Waals surface area contributed by atoms with Gasteiger partial charge >= 0.3 is 0 Å². The van der Waals surface area contributed by atoms with E-state index >= 15 is 0 Å². The van der Waals surface area contributed by atoms with Gasteiger partial charge in [0.15, 0.2) is 6.39 Å². The van der Waals surface area contributed by atoms with Gasteiger partial charge in [0.2, 0.25) is 5.76 Å². The number of carbonyl (C=O) groups excluding carboxylic acids is 1. The van der Waals surface area contributed by atoms with E-state index in [0.717, 1.165) is 18.7 Å². The SMILES string of the molecule is Cc1ncoc1C(=O)N1Cc2ccnn2CC[C@H]1COc1cccnc1. The molecule has 8 heteroatoms. The molecule has 0 unspecified atom stereocenters. The summed E-state index contributed by atoms with van der Waals surface area (Å²) in [5.74, 6) is 0.761. The molecule has 0 aromatic carbocycles. The van der Waals surface area contributed by atoms with Crippen molar-refractivity contribution in [1.82, 2.24) is 24.6 Å². The number of carbonyl (C=O) groups is 1. The fourth-order valence-electron chi connectivity index (χ4n) is 3.10. The minimum absolute atomic E-state index is 0.117. The minimum Gasteiger partial charge on any atom is -0.490 e. The Balaban J connectivity index is 1.58. The average molecular weight is 353 g/mol. The van der Waals surface area contributed by atoms with E-state index in [2.05, 4.69) is 15.1 Å². The Bertz CT molecular complexity index is 889. The summed E-state index contributed by atoms with van der Waals surface area (Å²) < 4.78 is 13.1. The highest BCUT2D eigenvalue weighted by Gasteiger charge is 2.31. The summed E-state index contributed by atoms with van der Waals surface area (Å²) in [6.45, 7) is 3.30. The number of aryl methyl sites for hydroxylation is 2. The van der Waals surface area contributed by atoms with Gasteiger partial charge in [-0.2, -0.15) is 5.10 Å². The number of fused-ring (bicyclic) bond motifs is 1. The van der Waals surface area contributed by atoms with Gasteiger partial charge in [0.25, 0.3) is 5.91 Å². The summed E-state index contributed by atoms with van der Waals surface area (Å²) in [6, 6.07) is 5.48. The first-order valence-electron chi connectivity index (χ1n) is 8.47. The molecule has 0 N–H and O–H groups in total. The maximum Gasteiger partial charge on any atom is 0.292 e. The number of oxazole rings is 1.